The average Bonchev–Trinajstić information content (AvgIpc) is 2.78. The van der Waals surface area contributed by atoms with Gasteiger partial charge in [0.05, 0.1) is 5.56 Å². The standard InChI is InChI=1S/C25H37BO3/c1-3-13-24(20(2)28-25(27)21-14-7-4-8-15-21)29-26(22-16-9-5-10-17-22)23-18-11-6-12-19-23/h4,7-8,13-15,20,22-23H,3,5-6,9-12,16-19H2,1-2H3/b24-13+/t20-/m1/s1. The maximum absolute atomic E-state index is 12.5. The smallest absolute Gasteiger partial charge is 0.363 e. The number of esters is 1. The summed E-state index contributed by atoms with van der Waals surface area (Å²) in [5.74, 6) is 1.85. The molecule has 1 aromatic carbocycles. The van der Waals surface area contributed by atoms with E-state index in [2.05, 4.69) is 13.0 Å². The van der Waals surface area contributed by atoms with Gasteiger partial charge in [0, 0.05) is 0 Å². The van der Waals surface area contributed by atoms with Gasteiger partial charge in [-0.3, -0.25) is 0 Å². The second kappa shape index (κ2) is 11.5. The Labute approximate surface area is 177 Å². The van der Waals surface area contributed by atoms with Crippen LogP contribution in [-0.4, -0.2) is 19.0 Å². The topological polar surface area (TPSA) is 35.5 Å². The molecule has 0 saturated heterocycles. The lowest BCUT2D eigenvalue weighted by molar-refractivity contribution is 0.0338. The third kappa shape index (κ3) is 6.39. The van der Waals surface area contributed by atoms with Crippen LogP contribution in [0.5, 0.6) is 0 Å². The van der Waals surface area contributed by atoms with Gasteiger partial charge in [-0.1, -0.05) is 89.3 Å². The van der Waals surface area contributed by atoms with E-state index in [0.717, 1.165) is 12.2 Å². The molecule has 0 bridgehead atoms. The van der Waals surface area contributed by atoms with Crippen molar-refractivity contribution < 1.29 is 14.2 Å². The minimum Gasteiger partial charge on any atom is -0.561 e. The van der Waals surface area contributed by atoms with Gasteiger partial charge in [0.1, 0.15) is 5.76 Å². The molecule has 3 rings (SSSR count). The first-order valence-electron chi connectivity index (χ1n) is 11.8. The Morgan fingerprint density at radius 3 is 2.07 bits per heavy atom. The molecule has 2 aliphatic carbocycles. The number of benzene rings is 1. The van der Waals surface area contributed by atoms with Crippen LogP contribution in [0.1, 0.15) is 94.8 Å². The van der Waals surface area contributed by atoms with Crippen molar-refractivity contribution in [3.63, 3.8) is 0 Å². The summed E-state index contributed by atoms with van der Waals surface area (Å²) >= 11 is 0. The van der Waals surface area contributed by atoms with E-state index in [-0.39, 0.29) is 19.0 Å². The van der Waals surface area contributed by atoms with Crippen LogP contribution < -0.4 is 0 Å². The van der Waals surface area contributed by atoms with Crippen molar-refractivity contribution in [1.82, 2.24) is 0 Å². The van der Waals surface area contributed by atoms with Crippen LogP contribution >= 0.6 is 0 Å². The summed E-state index contributed by atoms with van der Waals surface area (Å²) in [6, 6.07) is 9.23. The monoisotopic (exact) mass is 396 g/mol. The molecule has 4 heteroatoms. The van der Waals surface area contributed by atoms with E-state index in [4.69, 9.17) is 9.39 Å². The summed E-state index contributed by atoms with van der Waals surface area (Å²) < 4.78 is 12.5. The second-order valence-corrected chi connectivity index (χ2v) is 8.81. The summed E-state index contributed by atoms with van der Waals surface area (Å²) in [5.41, 5.74) is 0.589. The number of allylic oxidation sites excluding steroid dienone is 1. The summed E-state index contributed by atoms with van der Waals surface area (Å²) in [6.07, 6.45) is 15.7. The molecule has 0 aromatic heterocycles. The molecule has 158 valence electrons. The van der Waals surface area contributed by atoms with E-state index in [1.54, 1.807) is 12.1 Å². The molecular weight excluding hydrogens is 359 g/mol. The van der Waals surface area contributed by atoms with Gasteiger partial charge >= 0.3 is 12.9 Å². The van der Waals surface area contributed by atoms with E-state index >= 15 is 0 Å². The van der Waals surface area contributed by atoms with Crippen molar-refractivity contribution in [2.24, 2.45) is 0 Å². The maximum Gasteiger partial charge on any atom is 0.363 e. The zero-order chi connectivity index (χ0) is 20.5. The van der Waals surface area contributed by atoms with Crippen molar-refractivity contribution in [3.05, 3.63) is 47.7 Å². The Hall–Kier alpha value is -1.71. The highest BCUT2D eigenvalue weighted by molar-refractivity contribution is 6.55. The van der Waals surface area contributed by atoms with Gasteiger partial charge in [-0.2, -0.15) is 0 Å². The zero-order valence-corrected chi connectivity index (χ0v) is 18.3. The first-order valence-corrected chi connectivity index (χ1v) is 11.8. The lowest BCUT2D eigenvalue weighted by Gasteiger charge is -2.36. The van der Waals surface area contributed by atoms with E-state index in [0.29, 0.717) is 17.2 Å². The number of hydrogen-bond acceptors (Lipinski definition) is 3. The molecule has 0 unspecified atom stereocenters. The molecule has 3 nitrogen and oxygen atoms in total. The van der Waals surface area contributed by atoms with Gasteiger partial charge < -0.3 is 9.39 Å². The molecule has 0 amide bonds. The van der Waals surface area contributed by atoms with Gasteiger partial charge in [-0.05, 0) is 43.2 Å². The van der Waals surface area contributed by atoms with Crippen molar-refractivity contribution >= 4 is 12.9 Å². The van der Waals surface area contributed by atoms with E-state index in [1.165, 1.54) is 64.2 Å². The van der Waals surface area contributed by atoms with Crippen molar-refractivity contribution in [2.75, 3.05) is 0 Å². The van der Waals surface area contributed by atoms with Crippen LogP contribution in [0.25, 0.3) is 0 Å². The van der Waals surface area contributed by atoms with Crippen LogP contribution in [-0.2, 0) is 9.39 Å². The van der Waals surface area contributed by atoms with Gasteiger partial charge in [0.2, 0.25) is 0 Å². The lowest BCUT2D eigenvalue weighted by atomic mass is 9.41. The first kappa shape index (κ1) is 22.0. The van der Waals surface area contributed by atoms with Crippen LogP contribution in [0, 0.1) is 0 Å². The zero-order valence-electron chi connectivity index (χ0n) is 18.3. The molecular formula is C25H37BO3. The molecule has 2 saturated carbocycles. The largest absolute Gasteiger partial charge is 0.561 e. The quantitative estimate of drug-likeness (QED) is 0.265. The molecule has 1 atom stereocenters. The lowest BCUT2D eigenvalue weighted by Crippen LogP contribution is -2.35. The van der Waals surface area contributed by atoms with Crippen LogP contribution in [0.4, 0.5) is 0 Å². The van der Waals surface area contributed by atoms with Crippen LogP contribution in [0.15, 0.2) is 42.2 Å². The van der Waals surface area contributed by atoms with Gasteiger partial charge in [-0.25, -0.2) is 4.79 Å². The molecule has 2 aliphatic rings. The number of rotatable bonds is 8. The molecule has 0 N–H and O–H groups in total. The Morgan fingerprint density at radius 2 is 1.55 bits per heavy atom. The molecule has 0 aliphatic heterocycles. The van der Waals surface area contributed by atoms with Gasteiger partial charge in [0.25, 0.3) is 0 Å². The number of hydrogen-bond donors (Lipinski definition) is 0. The summed E-state index contributed by atoms with van der Waals surface area (Å²) in [5, 5.41) is 0. The maximum atomic E-state index is 12.5. The minimum absolute atomic E-state index is 0.270. The number of carbonyl (C=O) groups is 1. The third-order valence-electron chi connectivity index (χ3n) is 6.60. The first-order chi connectivity index (χ1) is 14.2. The highest BCUT2D eigenvalue weighted by Crippen LogP contribution is 2.42. The highest BCUT2D eigenvalue weighted by atomic mass is 16.6. The van der Waals surface area contributed by atoms with Crippen molar-refractivity contribution in [1.29, 1.82) is 0 Å². The summed E-state index contributed by atoms with van der Waals surface area (Å²) in [4.78, 5) is 12.5. The Kier molecular flexibility index (Phi) is 8.70. The molecule has 2 fully saturated rings. The molecule has 1 aromatic rings. The highest BCUT2D eigenvalue weighted by Gasteiger charge is 2.39. The predicted octanol–water partition coefficient (Wildman–Crippen LogP) is 7.20. The van der Waals surface area contributed by atoms with Crippen LogP contribution in [0.2, 0.25) is 11.6 Å². The molecule has 29 heavy (non-hydrogen) atoms. The fourth-order valence-electron chi connectivity index (χ4n) is 5.03. The van der Waals surface area contributed by atoms with Crippen LogP contribution in [0.3, 0.4) is 0 Å². The van der Waals surface area contributed by atoms with E-state index in [9.17, 15) is 4.79 Å². The number of carbonyl (C=O) groups excluding carboxylic acids is 1. The molecule has 0 radical (unpaired) electrons. The average molecular weight is 396 g/mol. The van der Waals surface area contributed by atoms with Gasteiger partial charge in [0.15, 0.2) is 6.10 Å². The minimum atomic E-state index is -0.364. The van der Waals surface area contributed by atoms with Crippen molar-refractivity contribution in [2.45, 2.75) is 102 Å². The molecule has 0 heterocycles. The Balaban J connectivity index is 1.71. The normalized spacial score (nSPS) is 20.1. The molecule has 0 spiro atoms. The SMILES string of the molecule is CC/C=C(/OB(C1CCCCC1)C1CCCCC1)[C@@H](C)OC(=O)c1ccccc1. The van der Waals surface area contributed by atoms with E-state index in [1.807, 2.05) is 25.1 Å². The van der Waals surface area contributed by atoms with Crippen molar-refractivity contribution in [3.8, 4) is 0 Å². The summed E-state index contributed by atoms with van der Waals surface area (Å²) in [7, 11) is 0. The Morgan fingerprint density at radius 1 is 1.00 bits per heavy atom. The fraction of sp³-hybridized carbons (Fsp3) is 0.640. The predicted molar refractivity (Wildman–Crippen MR) is 120 cm³/mol. The fourth-order valence-corrected chi connectivity index (χ4v) is 5.03. The third-order valence-corrected chi connectivity index (χ3v) is 6.60. The second-order valence-electron chi connectivity index (χ2n) is 8.81. The van der Waals surface area contributed by atoms with Gasteiger partial charge in [-0.15, -0.1) is 0 Å². The Bertz CT molecular complexity index is 627. The summed E-state index contributed by atoms with van der Waals surface area (Å²) in [6.45, 7) is 4.33. The number of ether oxygens (including phenoxy) is 1. The van der Waals surface area contributed by atoms with E-state index < -0.39 is 0 Å².